The second-order valence-electron chi connectivity index (χ2n) is 1.86. The minimum atomic E-state index is -4.94. The van der Waals surface area contributed by atoms with Gasteiger partial charge in [0, 0.05) is 0 Å². The molecule has 1 saturated heterocycles. The third-order valence-corrected chi connectivity index (χ3v) is 1.80. The van der Waals surface area contributed by atoms with Crippen molar-refractivity contribution < 1.29 is 27.4 Å². The summed E-state index contributed by atoms with van der Waals surface area (Å²) in [5.41, 5.74) is 0. The summed E-state index contributed by atoms with van der Waals surface area (Å²) in [5.74, 6) is -2.05. The summed E-state index contributed by atoms with van der Waals surface area (Å²) in [7, 11) is -4.94. The zero-order valence-electron chi connectivity index (χ0n) is 5.28. The van der Waals surface area contributed by atoms with Gasteiger partial charge >= 0.3 is 19.8 Å². The van der Waals surface area contributed by atoms with Crippen LogP contribution in [0.15, 0.2) is 0 Å². The van der Waals surface area contributed by atoms with Gasteiger partial charge in [0.25, 0.3) is 0 Å². The molecule has 1 rings (SSSR count). The lowest BCUT2D eigenvalue weighted by atomic mass is 10.3. The van der Waals surface area contributed by atoms with Crippen LogP contribution in [0.2, 0.25) is 0 Å². The first kappa shape index (κ1) is 8.20. The number of hydrogen-bond acceptors (Lipinski definition) is 5. The van der Waals surface area contributed by atoms with Gasteiger partial charge in [-0.2, -0.15) is 0 Å². The second-order valence-corrected chi connectivity index (χ2v) is 3.08. The molecule has 0 bridgehead atoms. The van der Waals surface area contributed by atoms with E-state index in [4.69, 9.17) is 0 Å². The van der Waals surface area contributed by atoms with E-state index in [2.05, 4.69) is 9.05 Å². The highest BCUT2D eigenvalue weighted by molar-refractivity contribution is 7.49. The minimum Gasteiger partial charge on any atom is -0.358 e. The third-order valence-electron chi connectivity index (χ3n) is 0.955. The van der Waals surface area contributed by atoms with Gasteiger partial charge in [0.1, 0.15) is 0 Å². The molecular formula is C4H4FO5P. The molecule has 0 aromatic heterocycles. The van der Waals surface area contributed by atoms with Crippen LogP contribution in [0.4, 0.5) is 4.20 Å². The number of hydrogen-bond donors (Lipinski definition) is 0. The molecule has 0 aromatic carbocycles. The van der Waals surface area contributed by atoms with Gasteiger partial charge in [-0.25, -0.2) is 4.57 Å². The van der Waals surface area contributed by atoms with Crippen LogP contribution in [0.25, 0.3) is 0 Å². The van der Waals surface area contributed by atoms with Crippen molar-refractivity contribution in [2.24, 2.45) is 0 Å². The highest BCUT2D eigenvalue weighted by Gasteiger charge is 2.36. The minimum absolute atomic E-state index is 0.299. The first-order chi connectivity index (χ1) is 4.99. The topological polar surface area (TPSA) is 69.7 Å². The molecule has 0 spiro atoms. The molecule has 1 aliphatic heterocycles. The van der Waals surface area contributed by atoms with Gasteiger partial charge < -0.3 is 9.05 Å². The van der Waals surface area contributed by atoms with Crippen molar-refractivity contribution in [3.63, 3.8) is 0 Å². The Balaban J connectivity index is 2.79. The number of carbonyl (C=O) groups is 2. The Hall–Kier alpha value is -0.900. The highest BCUT2D eigenvalue weighted by Crippen LogP contribution is 2.51. The normalized spacial score (nSPS) is 23.4. The van der Waals surface area contributed by atoms with Gasteiger partial charge in [-0.3, -0.25) is 9.59 Å². The summed E-state index contributed by atoms with van der Waals surface area (Å²) in [4.78, 5) is 20.8. The maximum atomic E-state index is 12.3. The van der Waals surface area contributed by atoms with E-state index in [1.807, 2.05) is 0 Å². The van der Waals surface area contributed by atoms with E-state index in [9.17, 15) is 18.4 Å². The molecule has 0 radical (unpaired) electrons. The van der Waals surface area contributed by atoms with E-state index in [-0.39, 0.29) is 12.8 Å². The molecule has 0 aliphatic carbocycles. The van der Waals surface area contributed by atoms with Crippen LogP contribution in [-0.4, -0.2) is 11.9 Å². The van der Waals surface area contributed by atoms with E-state index < -0.39 is 19.8 Å². The lowest BCUT2D eigenvalue weighted by Gasteiger charge is -2.02. The Morgan fingerprint density at radius 2 is 1.55 bits per heavy atom. The van der Waals surface area contributed by atoms with Crippen molar-refractivity contribution >= 4 is 19.8 Å². The van der Waals surface area contributed by atoms with Crippen LogP contribution in [0, 0.1) is 0 Å². The van der Waals surface area contributed by atoms with E-state index in [0.29, 0.717) is 0 Å². The summed E-state index contributed by atoms with van der Waals surface area (Å²) < 4.78 is 30.0. The number of carbonyl (C=O) groups excluding carboxylic acids is 2. The smallest absolute Gasteiger partial charge is 0.358 e. The summed E-state index contributed by atoms with van der Waals surface area (Å²) in [5, 5.41) is 0. The fourth-order valence-corrected chi connectivity index (χ4v) is 1.26. The molecule has 1 fully saturated rings. The zero-order valence-corrected chi connectivity index (χ0v) is 6.18. The standard InChI is InChI=1S/C4H4FO5P/c5-11(8)9-3(6)1-2-4(7)10-11/h1-2H2. The fourth-order valence-electron chi connectivity index (χ4n) is 0.557. The maximum absolute atomic E-state index is 12.3. The van der Waals surface area contributed by atoms with Crippen LogP contribution in [0.5, 0.6) is 0 Å². The van der Waals surface area contributed by atoms with Crippen molar-refractivity contribution in [2.45, 2.75) is 12.8 Å². The summed E-state index contributed by atoms with van der Waals surface area (Å²) in [6.07, 6.45) is -0.598. The summed E-state index contributed by atoms with van der Waals surface area (Å²) in [6, 6.07) is 0. The van der Waals surface area contributed by atoms with Gasteiger partial charge in [-0.05, 0) is 0 Å². The van der Waals surface area contributed by atoms with Crippen LogP contribution in [-0.2, 0) is 23.2 Å². The molecule has 0 aromatic rings. The van der Waals surface area contributed by atoms with E-state index >= 15 is 0 Å². The quantitative estimate of drug-likeness (QED) is 0.521. The Morgan fingerprint density at radius 1 is 1.18 bits per heavy atom. The van der Waals surface area contributed by atoms with Crippen molar-refractivity contribution in [1.29, 1.82) is 0 Å². The second kappa shape index (κ2) is 2.62. The predicted octanol–water partition coefficient (Wildman–Crippen LogP) is 0.944. The molecule has 1 heterocycles. The molecule has 0 atom stereocenters. The SMILES string of the molecule is O=C1CCC(=O)OP(=O)(F)O1. The van der Waals surface area contributed by atoms with Gasteiger partial charge in [-0.1, -0.05) is 0 Å². The van der Waals surface area contributed by atoms with Crippen molar-refractivity contribution in [3.05, 3.63) is 0 Å². The average molecular weight is 182 g/mol. The van der Waals surface area contributed by atoms with Gasteiger partial charge in [-0.15, -0.1) is 4.20 Å². The number of rotatable bonds is 0. The zero-order chi connectivity index (χ0) is 8.48. The van der Waals surface area contributed by atoms with E-state index in [0.717, 1.165) is 0 Å². The molecule has 0 saturated carbocycles. The molecule has 11 heavy (non-hydrogen) atoms. The van der Waals surface area contributed by atoms with Gasteiger partial charge in [0.2, 0.25) is 0 Å². The Bertz CT molecular complexity index is 227. The summed E-state index contributed by atoms with van der Waals surface area (Å²) in [6.45, 7) is 0. The number of halogens is 1. The first-order valence-corrected chi connectivity index (χ1v) is 4.17. The molecule has 5 nitrogen and oxygen atoms in total. The largest absolute Gasteiger partial charge is 0.633 e. The van der Waals surface area contributed by atoms with Crippen LogP contribution < -0.4 is 0 Å². The summed E-state index contributed by atoms with van der Waals surface area (Å²) >= 11 is 0. The average Bonchev–Trinajstić information content (AvgIpc) is 1.89. The molecule has 62 valence electrons. The lowest BCUT2D eigenvalue weighted by molar-refractivity contribution is -0.135. The van der Waals surface area contributed by atoms with Crippen molar-refractivity contribution in [2.75, 3.05) is 0 Å². The molecular weight excluding hydrogens is 178 g/mol. The predicted molar refractivity (Wildman–Crippen MR) is 30.1 cm³/mol. The van der Waals surface area contributed by atoms with Gasteiger partial charge in [0.15, 0.2) is 0 Å². The maximum Gasteiger partial charge on any atom is 0.633 e. The van der Waals surface area contributed by atoms with Crippen LogP contribution >= 0.6 is 7.91 Å². The van der Waals surface area contributed by atoms with Gasteiger partial charge in [0.05, 0.1) is 12.8 Å². The van der Waals surface area contributed by atoms with Crippen LogP contribution in [0.1, 0.15) is 12.8 Å². The Kier molecular flexibility index (Phi) is 1.95. The van der Waals surface area contributed by atoms with Crippen molar-refractivity contribution in [1.82, 2.24) is 0 Å². The highest BCUT2D eigenvalue weighted by atomic mass is 31.2. The van der Waals surface area contributed by atoms with Crippen LogP contribution in [0.3, 0.4) is 0 Å². The fraction of sp³-hybridized carbons (Fsp3) is 0.500. The Labute approximate surface area is 61.1 Å². The lowest BCUT2D eigenvalue weighted by Crippen LogP contribution is -1.97. The molecule has 0 unspecified atom stereocenters. The third kappa shape index (κ3) is 2.31. The van der Waals surface area contributed by atoms with Crippen molar-refractivity contribution in [3.8, 4) is 0 Å². The molecule has 7 heteroatoms. The Morgan fingerprint density at radius 3 is 1.91 bits per heavy atom. The first-order valence-electron chi connectivity index (χ1n) is 2.74. The molecule has 0 amide bonds. The molecule has 0 N–H and O–H groups in total. The van der Waals surface area contributed by atoms with E-state index in [1.54, 1.807) is 0 Å². The van der Waals surface area contributed by atoms with E-state index in [1.165, 1.54) is 0 Å². The monoisotopic (exact) mass is 182 g/mol. The molecule has 1 aliphatic rings.